The van der Waals surface area contributed by atoms with E-state index in [1.165, 1.54) is 0 Å². The monoisotopic (exact) mass is 224 g/mol. The second-order valence-electron chi connectivity index (χ2n) is 3.26. The van der Waals surface area contributed by atoms with E-state index in [1.54, 1.807) is 0 Å². The van der Waals surface area contributed by atoms with E-state index in [-0.39, 0.29) is 10.8 Å². The quantitative estimate of drug-likeness (QED) is 0.688. The van der Waals surface area contributed by atoms with Gasteiger partial charge in [-0.1, -0.05) is 6.58 Å². The molecule has 0 spiro atoms. The van der Waals surface area contributed by atoms with Gasteiger partial charge in [0, 0.05) is 23.9 Å². The van der Waals surface area contributed by atoms with Gasteiger partial charge in [-0.2, -0.15) is 0 Å². The molecule has 0 radical (unpaired) electrons. The topological polar surface area (TPSA) is 43.4 Å². The Morgan fingerprint density at radius 2 is 2.31 bits per heavy atom. The van der Waals surface area contributed by atoms with Crippen molar-refractivity contribution < 1.29 is 13.2 Å². The summed E-state index contributed by atoms with van der Waals surface area (Å²) >= 11 is 0. The van der Waals surface area contributed by atoms with Crippen LogP contribution in [0.1, 0.15) is 19.3 Å². The van der Waals surface area contributed by atoms with Gasteiger partial charge in [-0.05, 0) is 25.2 Å². The van der Waals surface area contributed by atoms with Crippen LogP contribution >= 0.6 is 10.7 Å². The van der Waals surface area contributed by atoms with Crippen LogP contribution in [0.25, 0.3) is 0 Å². The minimum atomic E-state index is -3.58. The largest absolute Gasteiger partial charge is 0.381 e. The van der Waals surface area contributed by atoms with Crippen molar-refractivity contribution in [2.45, 2.75) is 19.3 Å². The molecule has 0 aliphatic carbocycles. The highest BCUT2D eigenvalue weighted by Crippen LogP contribution is 2.24. The fourth-order valence-corrected chi connectivity index (χ4v) is 2.01. The number of ether oxygens (including phenoxy) is 1. The van der Waals surface area contributed by atoms with E-state index in [9.17, 15) is 8.42 Å². The van der Waals surface area contributed by atoms with Gasteiger partial charge in [0.2, 0.25) is 0 Å². The zero-order valence-electron chi connectivity index (χ0n) is 7.33. The van der Waals surface area contributed by atoms with Gasteiger partial charge in [0.25, 0.3) is 9.05 Å². The zero-order chi connectivity index (χ0) is 9.90. The van der Waals surface area contributed by atoms with Gasteiger partial charge in [0.1, 0.15) is 0 Å². The van der Waals surface area contributed by atoms with Crippen molar-refractivity contribution in [3.8, 4) is 0 Å². The van der Waals surface area contributed by atoms with Crippen LogP contribution in [0.5, 0.6) is 0 Å². The first kappa shape index (κ1) is 11.0. The molecule has 5 heteroatoms. The second-order valence-corrected chi connectivity index (χ2v) is 5.94. The molecule has 0 aromatic rings. The lowest BCUT2D eigenvalue weighted by Gasteiger charge is -2.21. The van der Waals surface area contributed by atoms with Gasteiger partial charge < -0.3 is 4.74 Å². The van der Waals surface area contributed by atoms with Crippen molar-refractivity contribution in [2.24, 2.45) is 5.92 Å². The molecule has 1 unspecified atom stereocenters. The lowest BCUT2D eigenvalue weighted by molar-refractivity contribution is 0.0556. The fourth-order valence-electron chi connectivity index (χ4n) is 1.39. The summed E-state index contributed by atoms with van der Waals surface area (Å²) in [6.07, 6.45) is 2.40. The van der Waals surface area contributed by atoms with Crippen molar-refractivity contribution in [3.63, 3.8) is 0 Å². The average Bonchev–Trinajstić information content (AvgIpc) is 2.04. The van der Waals surface area contributed by atoms with Gasteiger partial charge in [-0.3, -0.25) is 0 Å². The van der Waals surface area contributed by atoms with Gasteiger partial charge in [0.15, 0.2) is 0 Å². The third-order valence-corrected chi connectivity index (χ3v) is 3.63. The SMILES string of the molecule is C=C(CC1CCCOC1)S(=O)(=O)Cl. The van der Waals surface area contributed by atoms with Gasteiger partial charge >= 0.3 is 0 Å². The van der Waals surface area contributed by atoms with E-state index in [4.69, 9.17) is 15.4 Å². The molecule has 0 N–H and O–H groups in total. The minimum Gasteiger partial charge on any atom is -0.381 e. The predicted octanol–water partition coefficient (Wildman–Crippen LogP) is 1.89. The second kappa shape index (κ2) is 4.44. The summed E-state index contributed by atoms with van der Waals surface area (Å²) in [5.74, 6) is 0.259. The van der Waals surface area contributed by atoms with Crippen LogP contribution in [-0.2, 0) is 13.8 Å². The summed E-state index contributed by atoms with van der Waals surface area (Å²) in [7, 11) is 1.55. The van der Waals surface area contributed by atoms with Crippen LogP contribution in [0.4, 0.5) is 0 Å². The average molecular weight is 225 g/mol. The summed E-state index contributed by atoms with van der Waals surface area (Å²) in [5.41, 5.74) is 0. The molecule has 1 rings (SSSR count). The Morgan fingerprint density at radius 3 is 2.77 bits per heavy atom. The van der Waals surface area contributed by atoms with Crippen LogP contribution < -0.4 is 0 Å². The Kier molecular flexibility index (Phi) is 3.76. The molecule has 1 heterocycles. The van der Waals surface area contributed by atoms with Crippen LogP contribution in [0.3, 0.4) is 0 Å². The van der Waals surface area contributed by atoms with Crippen LogP contribution in [0, 0.1) is 5.92 Å². The summed E-state index contributed by atoms with van der Waals surface area (Å²) < 4.78 is 26.9. The molecular formula is C8H13ClO3S. The highest BCUT2D eigenvalue weighted by atomic mass is 35.7. The number of hydrogen-bond donors (Lipinski definition) is 0. The smallest absolute Gasteiger partial charge is 0.256 e. The molecule has 1 aliphatic rings. The number of allylic oxidation sites excluding steroid dienone is 1. The van der Waals surface area contributed by atoms with Crippen molar-refractivity contribution in [2.75, 3.05) is 13.2 Å². The molecule has 0 aromatic carbocycles. The van der Waals surface area contributed by atoms with Crippen LogP contribution in [0.15, 0.2) is 11.5 Å². The molecule has 1 aliphatic heterocycles. The summed E-state index contributed by atoms with van der Waals surface area (Å²) in [5, 5.41) is 0. The highest BCUT2D eigenvalue weighted by Gasteiger charge is 2.20. The van der Waals surface area contributed by atoms with Crippen molar-refractivity contribution in [1.29, 1.82) is 0 Å². The highest BCUT2D eigenvalue weighted by molar-refractivity contribution is 8.16. The van der Waals surface area contributed by atoms with E-state index in [0.717, 1.165) is 19.4 Å². The van der Waals surface area contributed by atoms with Gasteiger partial charge in [-0.25, -0.2) is 8.42 Å². The molecule has 0 amide bonds. The van der Waals surface area contributed by atoms with Gasteiger partial charge in [0.05, 0.1) is 4.91 Å². The first-order valence-corrected chi connectivity index (χ1v) is 6.51. The first-order chi connectivity index (χ1) is 6.00. The maximum absolute atomic E-state index is 10.8. The normalized spacial score (nSPS) is 24.2. The number of rotatable bonds is 3. The van der Waals surface area contributed by atoms with E-state index in [0.29, 0.717) is 13.0 Å². The molecule has 1 fully saturated rings. The predicted molar refractivity (Wildman–Crippen MR) is 52.1 cm³/mol. The Hall–Kier alpha value is -0.0600. The maximum atomic E-state index is 10.8. The van der Waals surface area contributed by atoms with Crippen molar-refractivity contribution >= 4 is 19.7 Å². The summed E-state index contributed by atoms with van der Waals surface area (Å²) in [4.78, 5) is 0.102. The minimum absolute atomic E-state index is 0.102. The molecule has 0 saturated carbocycles. The summed E-state index contributed by atoms with van der Waals surface area (Å²) in [6, 6.07) is 0. The lowest BCUT2D eigenvalue weighted by Crippen LogP contribution is -2.18. The van der Waals surface area contributed by atoms with E-state index in [1.807, 2.05) is 0 Å². The zero-order valence-corrected chi connectivity index (χ0v) is 8.90. The fraction of sp³-hybridized carbons (Fsp3) is 0.750. The molecule has 76 valence electrons. The van der Waals surface area contributed by atoms with E-state index < -0.39 is 9.05 Å². The molecule has 0 bridgehead atoms. The van der Waals surface area contributed by atoms with Crippen LogP contribution in [-0.4, -0.2) is 21.6 Å². The van der Waals surface area contributed by atoms with Crippen molar-refractivity contribution in [3.05, 3.63) is 11.5 Å². The lowest BCUT2D eigenvalue weighted by atomic mass is 9.99. The molecule has 1 atom stereocenters. The van der Waals surface area contributed by atoms with E-state index in [2.05, 4.69) is 6.58 Å². The molecular weight excluding hydrogens is 212 g/mol. The Balaban J connectivity index is 2.44. The Morgan fingerprint density at radius 1 is 1.62 bits per heavy atom. The molecule has 1 saturated heterocycles. The number of hydrogen-bond acceptors (Lipinski definition) is 3. The maximum Gasteiger partial charge on any atom is 0.256 e. The van der Waals surface area contributed by atoms with Gasteiger partial charge in [-0.15, -0.1) is 0 Å². The number of halogens is 1. The van der Waals surface area contributed by atoms with Crippen LogP contribution in [0.2, 0.25) is 0 Å². The third kappa shape index (κ3) is 3.67. The standard InChI is InChI=1S/C8H13ClO3S/c1-7(13(9,10)11)5-8-3-2-4-12-6-8/h8H,1-6H2. The first-order valence-electron chi connectivity index (χ1n) is 4.20. The molecule has 3 nitrogen and oxygen atoms in total. The Labute approximate surface area is 83.1 Å². The van der Waals surface area contributed by atoms with Crippen molar-refractivity contribution in [1.82, 2.24) is 0 Å². The van der Waals surface area contributed by atoms with E-state index >= 15 is 0 Å². The molecule has 13 heavy (non-hydrogen) atoms. The Bertz CT molecular complexity index is 278. The third-order valence-electron chi connectivity index (χ3n) is 2.12. The summed E-state index contributed by atoms with van der Waals surface area (Å²) in [6.45, 7) is 4.84. The molecule has 0 aromatic heterocycles.